The molecule has 2 rings (SSSR count). The number of rotatable bonds is 8. The third-order valence-electron chi connectivity index (χ3n) is 3.96. The van der Waals surface area contributed by atoms with E-state index < -0.39 is 0 Å². The van der Waals surface area contributed by atoms with Crippen LogP contribution < -0.4 is 5.32 Å². The molecule has 0 aliphatic carbocycles. The van der Waals surface area contributed by atoms with E-state index in [-0.39, 0.29) is 30.1 Å². The van der Waals surface area contributed by atoms with Gasteiger partial charge in [-0.05, 0) is 19.3 Å². The number of morpholine rings is 1. The molecule has 150 valence electrons. The third kappa shape index (κ3) is 7.79. The van der Waals surface area contributed by atoms with Crippen LogP contribution in [0.2, 0.25) is 0 Å². The lowest BCUT2D eigenvalue weighted by molar-refractivity contribution is -0.00805. The first-order chi connectivity index (χ1) is 12.1. The van der Waals surface area contributed by atoms with E-state index in [4.69, 9.17) is 14.5 Å². The van der Waals surface area contributed by atoms with E-state index in [1.165, 1.54) is 0 Å². The van der Waals surface area contributed by atoms with Gasteiger partial charge in [-0.15, -0.1) is 24.0 Å². The number of nitrogens with one attached hydrogen (secondary N) is 1. The summed E-state index contributed by atoms with van der Waals surface area (Å²) in [5.41, 5.74) is 1.12. The first kappa shape index (κ1) is 23.2. The highest BCUT2D eigenvalue weighted by Gasteiger charge is 2.25. The van der Waals surface area contributed by atoms with Crippen LogP contribution in [0, 0.1) is 5.92 Å². The third-order valence-corrected chi connectivity index (χ3v) is 3.96. The molecule has 0 saturated carbocycles. The van der Waals surface area contributed by atoms with Crippen molar-refractivity contribution in [2.45, 2.75) is 33.3 Å². The van der Waals surface area contributed by atoms with Crippen LogP contribution in [0.5, 0.6) is 0 Å². The highest BCUT2D eigenvalue weighted by atomic mass is 127. The highest BCUT2D eigenvalue weighted by molar-refractivity contribution is 14.0. The molecule has 2 heterocycles. The van der Waals surface area contributed by atoms with Crippen LogP contribution >= 0.6 is 24.0 Å². The van der Waals surface area contributed by atoms with Gasteiger partial charge < -0.3 is 19.7 Å². The van der Waals surface area contributed by atoms with Gasteiger partial charge in [-0.25, -0.2) is 0 Å². The summed E-state index contributed by atoms with van der Waals surface area (Å²) in [6, 6.07) is 0. The zero-order chi connectivity index (χ0) is 18.1. The monoisotopic (exact) mass is 479 g/mol. The van der Waals surface area contributed by atoms with Gasteiger partial charge in [0.2, 0.25) is 0 Å². The molecule has 1 atom stereocenters. The van der Waals surface area contributed by atoms with Crippen LogP contribution in [0.1, 0.15) is 38.9 Å². The molecule has 1 aromatic heterocycles. The summed E-state index contributed by atoms with van der Waals surface area (Å²) in [6.45, 7) is 12.0. The van der Waals surface area contributed by atoms with Gasteiger partial charge in [0.1, 0.15) is 6.10 Å². The second-order valence-corrected chi connectivity index (χ2v) is 6.81. The van der Waals surface area contributed by atoms with Gasteiger partial charge in [0.15, 0.2) is 5.96 Å². The molecule has 1 aliphatic rings. The van der Waals surface area contributed by atoms with E-state index in [9.17, 15) is 0 Å². The van der Waals surface area contributed by atoms with E-state index in [0.717, 1.165) is 57.3 Å². The standard InChI is InChI=1S/C18H33N5O2.HI/c1-5-19-18(20-7-6-9-24-14-15(2)3)23-8-10-25-17(13-23)16-11-21-22(4)12-16;/h11-12,15,17H,5-10,13-14H2,1-4H3,(H,19,20);1H. The van der Waals surface area contributed by atoms with Gasteiger partial charge >= 0.3 is 0 Å². The molecule has 1 aliphatic heterocycles. The van der Waals surface area contributed by atoms with Crippen molar-refractivity contribution in [3.8, 4) is 0 Å². The lowest BCUT2D eigenvalue weighted by Crippen LogP contribution is -2.48. The highest BCUT2D eigenvalue weighted by Crippen LogP contribution is 2.21. The maximum absolute atomic E-state index is 5.92. The minimum absolute atomic E-state index is 0. The van der Waals surface area contributed by atoms with Crippen LogP contribution in [0.15, 0.2) is 17.4 Å². The number of hydrogen-bond acceptors (Lipinski definition) is 4. The van der Waals surface area contributed by atoms with Crippen molar-refractivity contribution < 1.29 is 9.47 Å². The molecule has 1 aromatic rings. The number of aliphatic imine (C=N–C) groups is 1. The number of nitrogens with zero attached hydrogens (tertiary/aromatic N) is 4. The molecule has 26 heavy (non-hydrogen) atoms. The zero-order valence-electron chi connectivity index (χ0n) is 16.5. The summed E-state index contributed by atoms with van der Waals surface area (Å²) in [5, 5.41) is 7.64. The van der Waals surface area contributed by atoms with E-state index in [1.54, 1.807) is 0 Å². The molecule has 1 saturated heterocycles. The van der Waals surface area contributed by atoms with E-state index in [1.807, 2.05) is 24.1 Å². The fourth-order valence-corrected chi connectivity index (χ4v) is 2.75. The molecular weight excluding hydrogens is 445 g/mol. The van der Waals surface area contributed by atoms with Crippen LogP contribution in [0.3, 0.4) is 0 Å². The first-order valence-electron chi connectivity index (χ1n) is 9.31. The van der Waals surface area contributed by atoms with E-state index >= 15 is 0 Å². The van der Waals surface area contributed by atoms with Crippen molar-refractivity contribution in [1.29, 1.82) is 0 Å². The maximum Gasteiger partial charge on any atom is 0.194 e. The van der Waals surface area contributed by atoms with Gasteiger partial charge in [-0.1, -0.05) is 13.8 Å². The number of guanidine groups is 1. The molecule has 0 bridgehead atoms. The molecule has 0 radical (unpaired) electrons. The topological polar surface area (TPSA) is 63.9 Å². The average Bonchev–Trinajstić information content (AvgIpc) is 3.03. The Hall–Kier alpha value is -0.870. The van der Waals surface area contributed by atoms with E-state index in [2.05, 4.69) is 36.1 Å². The molecule has 1 fully saturated rings. The van der Waals surface area contributed by atoms with Crippen molar-refractivity contribution in [3.63, 3.8) is 0 Å². The molecule has 7 nitrogen and oxygen atoms in total. The van der Waals surface area contributed by atoms with Gasteiger partial charge in [0.25, 0.3) is 0 Å². The zero-order valence-corrected chi connectivity index (χ0v) is 18.8. The summed E-state index contributed by atoms with van der Waals surface area (Å²) in [4.78, 5) is 7.04. The van der Waals surface area contributed by atoms with Crippen LogP contribution in [0.25, 0.3) is 0 Å². The lowest BCUT2D eigenvalue weighted by atomic mass is 10.1. The largest absolute Gasteiger partial charge is 0.381 e. The maximum atomic E-state index is 5.92. The number of aryl methyl sites for hydroxylation is 1. The predicted molar refractivity (Wildman–Crippen MR) is 115 cm³/mol. The Balaban J connectivity index is 0.00000338. The molecule has 0 amide bonds. The Morgan fingerprint density at radius 2 is 2.31 bits per heavy atom. The Morgan fingerprint density at radius 1 is 1.50 bits per heavy atom. The van der Waals surface area contributed by atoms with Gasteiger partial charge in [-0.3, -0.25) is 9.67 Å². The Kier molecular flexibility index (Phi) is 11.1. The van der Waals surface area contributed by atoms with Crippen molar-refractivity contribution in [1.82, 2.24) is 20.0 Å². The normalized spacial score (nSPS) is 18.1. The van der Waals surface area contributed by atoms with Crippen molar-refractivity contribution in [2.75, 3.05) is 46.0 Å². The smallest absolute Gasteiger partial charge is 0.194 e. The Bertz CT molecular complexity index is 535. The Morgan fingerprint density at radius 3 is 2.96 bits per heavy atom. The molecular formula is C18H34IN5O2. The Labute approximate surface area is 174 Å². The number of hydrogen-bond donors (Lipinski definition) is 1. The lowest BCUT2D eigenvalue weighted by Gasteiger charge is -2.34. The van der Waals surface area contributed by atoms with Crippen LogP contribution in [-0.4, -0.2) is 66.6 Å². The molecule has 1 N–H and O–H groups in total. The molecule has 0 spiro atoms. The first-order valence-corrected chi connectivity index (χ1v) is 9.31. The quantitative estimate of drug-likeness (QED) is 0.269. The second-order valence-electron chi connectivity index (χ2n) is 6.81. The summed E-state index contributed by atoms with van der Waals surface area (Å²) in [5.74, 6) is 1.54. The fraction of sp³-hybridized carbons (Fsp3) is 0.778. The molecule has 1 unspecified atom stereocenters. The molecule has 8 heteroatoms. The van der Waals surface area contributed by atoms with Crippen LogP contribution in [0.4, 0.5) is 0 Å². The number of aromatic nitrogens is 2. The summed E-state index contributed by atoms with van der Waals surface area (Å²) in [7, 11) is 1.93. The van der Waals surface area contributed by atoms with Crippen LogP contribution in [-0.2, 0) is 16.5 Å². The minimum Gasteiger partial charge on any atom is -0.381 e. The van der Waals surface area contributed by atoms with E-state index in [0.29, 0.717) is 12.5 Å². The van der Waals surface area contributed by atoms with Gasteiger partial charge in [0.05, 0.1) is 19.3 Å². The average molecular weight is 479 g/mol. The van der Waals surface area contributed by atoms with Gasteiger partial charge in [-0.2, -0.15) is 5.10 Å². The number of halogens is 1. The SMILES string of the molecule is CCNC(=NCCCOCC(C)C)N1CCOC(c2cnn(C)c2)C1.I. The predicted octanol–water partition coefficient (Wildman–Crippen LogP) is 2.44. The van der Waals surface area contributed by atoms with Crippen molar-refractivity contribution in [3.05, 3.63) is 18.0 Å². The summed E-state index contributed by atoms with van der Waals surface area (Å²) in [6.07, 6.45) is 4.88. The summed E-state index contributed by atoms with van der Waals surface area (Å²) >= 11 is 0. The fourth-order valence-electron chi connectivity index (χ4n) is 2.75. The minimum atomic E-state index is 0. The molecule has 0 aromatic carbocycles. The van der Waals surface area contributed by atoms with Crippen molar-refractivity contribution >= 4 is 29.9 Å². The van der Waals surface area contributed by atoms with Crippen molar-refractivity contribution in [2.24, 2.45) is 18.0 Å². The number of ether oxygens (including phenoxy) is 2. The summed E-state index contributed by atoms with van der Waals surface area (Å²) < 4.78 is 13.4. The second kappa shape index (κ2) is 12.5. The van der Waals surface area contributed by atoms with Gasteiger partial charge in [0, 0.05) is 51.7 Å².